The number of aliphatic hydroxyl groups excluding tert-OH is 1. The fourth-order valence-corrected chi connectivity index (χ4v) is 3.56. The molecule has 1 aliphatic rings. The molecular weight excluding hydrogens is 384 g/mol. The SMILES string of the molecule is O=C1C(=O)N(c2ccccc2)C(c2cccc([N+](=O)[O-])c2)/C1=C(/O)c1ccccc1. The quantitative estimate of drug-likeness (QED) is 0.232. The average Bonchev–Trinajstić information content (AvgIpc) is 3.05. The minimum absolute atomic E-state index is 0.115. The third-order valence-corrected chi connectivity index (χ3v) is 4.92. The van der Waals surface area contributed by atoms with E-state index >= 15 is 0 Å². The fraction of sp³-hybridized carbons (Fsp3) is 0.0435. The molecule has 1 amide bonds. The number of amides is 1. The van der Waals surface area contributed by atoms with Crippen molar-refractivity contribution in [2.75, 3.05) is 4.90 Å². The summed E-state index contributed by atoms with van der Waals surface area (Å²) in [5, 5.41) is 22.2. The van der Waals surface area contributed by atoms with Crippen LogP contribution in [0, 0.1) is 10.1 Å². The normalized spacial score (nSPS) is 17.9. The topological polar surface area (TPSA) is 101 Å². The van der Waals surface area contributed by atoms with E-state index < -0.39 is 22.7 Å². The summed E-state index contributed by atoms with van der Waals surface area (Å²) >= 11 is 0. The highest BCUT2D eigenvalue weighted by atomic mass is 16.6. The number of anilines is 1. The Morgan fingerprint density at radius 1 is 0.900 bits per heavy atom. The number of benzene rings is 3. The maximum absolute atomic E-state index is 13.0. The van der Waals surface area contributed by atoms with Gasteiger partial charge in [0.15, 0.2) is 0 Å². The summed E-state index contributed by atoms with van der Waals surface area (Å²) in [5.41, 5.74) is 0.883. The van der Waals surface area contributed by atoms with E-state index in [1.807, 2.05) is 0 Å². The zero-order valence-corrected chi connectivity index (χ0v) is 15.6. The molecule has 7 nitrogen and oxygen atoms in total. The third-order valence-electron chi connectivity index (χ3n) is 4.92. The van der Waals surface area contributed by atoms with E-state index in [9.17, 15) is 24.8 Å². The predicted octanol–water partition coefficient (Wildman–Crippen LogP) is 4.22. The van der Waals surface area contributed by atoms with Crippen LogP contribution in [0.15, 0.2) is 90.5 Å². The molecule has 1 saturated heterocycles. The highest BCUT2D eigenvalue weighted by molar-refractivity contribution is 6.51. The molecule has 1 heterocycles. The zero-order valence-electron chi connectivity index (χ0n) is 15.6. The van der Waals surface area contributed by atoms with Gasteiger partial charge in [0.2, 0.25) is 0 Å². The molecule has 0 spiro atoms. The van der Waals surface area contributed by atoms with Crippen LogP contribution < -0.4 is 4.90 Å². The molecule has 148 valence electrons. The Labute approximate surface area is 171 Å². The van der Waals surface area contributed by atoms with Gasteiger partial charge in [-0.2, -0.15) is 0 Å². The highest BCUT2D eigenvalue weighted by Gasteiger charge is 2.47. The summed E-state index contributed by atoms with van der Waals surface area (Å²) in [4.78, 5) is 37.9. The van der Waals surface area contributed by atoms with Crippen molar-refractivity contribution >= 4 is 28.8 Å². The standard InChI is InChI=1S/C23H16N2O5/c26-21(15-8-3-1-4-9-15)19-20(16-10-7-13-18(14-16)25(29)30)24(23(28)22(19)27)17-11-5-2-6-12-17/h1-14,20,26H/b21-19-. The average molecular weight is 400 g/mol. The number of hydrogen-bond donors (Lipinski definition) is 1. The van der Waals surface area contributed by atoms with E-state index in [2.05, 4.69) is 0 Å². The van der Waals surface area contributed by atoms with Gasteiger partial charge in [0, 0.05) is 23.4 Å². The number of non-ortho nitro benzene ring substituents is 1. The van der Waals surface area contributed by atoms with Gasteiger partial charge in [0.25, 0.3) is 17.4 Å². The van der Waals surface area contributed by atoms with Crippen LogP contribution in [0.5, 0.6) is 0 Å². The molecule has 1 fully saturated rings. The molecule has 0 radical (unpaired) electrons. The molecule has 0 aromatic heterocycles. The number of hydrogen-bond acceptors (Lipinski definition) is 5. The second-order valence-corrected chi connectivity index (χ2v) is 6.72. The van der Waals surface area contributed by atoms with E-state index in [1.165, 1.54) is 23.1 Å². The van der Waals surface area contributed by atoms with E-state index in [0.717, 1.165) is 0 Å². The Morgan fingerprint density at radius 2 is 1.53 bits per heavy atom. The van der Waals surface area contributed by atoms with Crippen LogP contribution in [0.4, 0.5) is 11.4 Å². The van der Waals surface area contributed by atoms with Crippen molar-refractivity contribution in [3.05, 3.63) is 112 Å². The Hall–Kier alpha value is -4.26. The van der Waals surface area contributed by atoms with Crippen molar-refractivity contribution in [3.8, 4) is 0 Å². The van der Waals surface area contributed by atoms with Gasteiger partial charge in [-0.15, -0.1) is 0 Å². The first kappa shape index (κ1) is 19.1. The molecule has 1 aliphatic heterocycles. The lowest BCUT2D eigenvalue weighted by atomic mass is 9.95. The van der Waals surface area contributed by atoms with Gasteiger partial charge in [0.05, 0.1) is 16.5 Å². The number of rotatable bonds is 4. The van der Waals surface area contributed by atoms with Crippen LogP contribution in [-0.2, 0) is 9.59 Å². The highest BCUT2D eigenvalue weighted by Crippen LogP contribution is 2.42. The molecule has 0 saturated carbocycles. The molecule has 3 aromatic carbocycles. The Morgan fingerprint density at radius 3 is 2.17 bits per heavy atom. The zero-order chi connectivity index (χ0) is 21.3. The number of carbonyl (C=O) groups excluding carboxylic acids is 2. The molecule has 0 aliphatic carbocycles. The number of nitro benzene ring substituents is 1. The third kappa shape index (κ3) is 3.22. The van der Waals surface area contributed by atoms with E-state index in [4.69, 9.17) is 0 Å². The van der Waals surface area contributed by atoms with Crippen molar-refractivity contribution in [1.82, 2.24) is 0 Å². The second-order valence-electron chi connectivity index (χ2n) is 6.72. The summed E-state index contributed by atoms with van der Waals surface area (Å²) in [6.45, 7) is 0. The lowest BCUT2D eigenvalue weighted by molar-refractivity contribution is -0.384. The summed E-state index contributed by atoms with van der Waals surface area (Å²) in [6.07, 6.45) is 0. The van der Waals surface area contributed by atoms with Gasteiger partial charge in [-0.05, 0) is 17.7 Å². The number of Topliss-reactive ketones (excluding diaryl/α,β-unsaturated/α-hetero) is 1. The van der Waals surface area contributed by atoms with Crippen molar-refractivity contribution in [3.63, 3.8) is 0 Å². The van der Waals surface area contributed by atoms with Crippen LogP contribution in [0.1, 0.15) is 17.2 Å². The van der Waals surface area contributed by atoms with E-state index in [0.29, 0.717) is 16.8 Å². The van der Waals surface area contributed by atoms with Crippen molar-refractivity contribution in [1.29, 1.82) is 0 Å². The molecule has 0 bridgehead atoms. The van der Waals surface area contributed by atoms with Gasteiger partial charge < -0.3 is 5.11 Å². The maximum Gasteiger partial charge on any atom is 0.300 e. The lowest BCUT2D eigenvalue weighted by Crippen LogP contribution is -2.29. The molecule has 7 heteroatoms. The molecule has 1 unspecified atom stereocenters. The molecule has 1 atom stereocenters. The van der Waals surface area contributed by atoms with E-state index in [-0.39, 0.29) is 17.0 Å². The number of nitro groups is 1. The van der Waals surface area contributed by atoms with Gasteiger partial charge in [0.1, 0.15) is 5.76 Å². The van der Waals surface area contributed by atoms with Crippen LogP contribution >= 0.6 is 0 Å². The number of para-hydroxylation sites is 1. The molecule has 3 aromatic rings. The number of ketones is 1. The molecule has 4 rings (SSSR count). The van der Waals surface area contributed by atoms with E-state index in [1.54, 1.807) is 66.7 Å². The minimum Gasteiger partial charge on any atom is -0.507 e. The van der Waals surface area contributed by atoms with Crippen LogP contribution in [0.25, 0.3) is 5.76 Å². The van der Waals surface area contributed by atoms with Gasteiger partial charge >= 0.3 is 0 Å². The summed E-state index contributed by atoms with van der Waals surface area (Å²) in [7, 11) is 0. The monoisotopic (exact) mass is 400 g/mol. The van der Waals surface area contributed by atoms with Gasteiger partial charge in [-0.1, -0.05) is 60.7 Å². The fourth-order valence-electron chi connectivity index (χ4n) is 3.56. The number of carbonyl (C=O) groups is 2. The first-order chi connectivity index (χ1) is 14.5. The lowest BCUT2D eigenvalue weighted by Gasteiger charge is -2.25. The van der Waals surface area contributed by atoms with Gasteiger partial charge in [-0.3, -0.25) is 24.6 Å². The summed E-state index contributed by atoms with van der Waals surface area (Å²) in [6, 6.07) is 21.7. The van der Waals surface area contributed by atoms with Crippen molar-refractivity contribution in [2.45, 2.75) is 6.04 Å². The van der Waals surface area contributed by atoms with Crippen LogP contribution in [0.3, 0.4) is 0 Å². The Bertz CT molecular complexity index is 1170. The second kappa shape index (κ2) is 7.63. The minimum atomic E-state index is -1.01. The van der Waals surface area contributed by atoms with Gasteiger partial charge in [-0.25, -0.2) is 0 Å². The smallest absolute Gasteiger partial charge is 0.300 e. The molecular formula is C23H16N2O5. The van der Waals surface area contributed by atoms with Crippen molar-refractivity contribution in [2.24, 2.45) is 0 Å². The van der Waals surface area contributed by atoms with Crippen LogP contribution in [0.2, 0.25) is 0 Å². The maximum atomic E-state index is 13.0. The largest absolute Gasteiger partial charge is 0.507 e. The summed E-state index contributed by atoms with van der Waals surface area (Å²) in [5.74, 6) is -1.99. The molecule has 1 N–H and O–H groups in total. The molecule has 30 heavy (non-hydrogen) atoms. The van der Waals surface area contributed by atoms with Crippen LogP contribution in [-0.4, -0.2) is 21.7 Å². The Balaban J connectivity index is 1.97. The first-order valence-corrected chi connectivity index (χ1v) is 9.15. The summed E-state index contributed by atoms with van der Waals surface area (Å²) < 4.78 is 0. The number of aliphatic hydroxyl groups is 1. The van der Waals surface area contributed by atoms with Crippen molar-refractivity contribution < 1.29 is 19.6 Å². The Kier molecular flexibility index (Phi) is 4.85. The predicted molar refractivity (Wildman–Crippen MR) is 111 cm³/mol. The first-order valence-electron chi connectivity index (χ1n) is 9.15. The number of nitrogens with zero attached hydrogens (tertiary/aromatic N) is 2.